The summed E-state index contributed by atoms with van der Waals surface area (Å²) in [6, 6.07) is 5.23. The van der Waals surface area contributed by atoms with E-state index in [-0.39, 0.29) is 5.56 Å². The third kappa shape index (κ3) is 3.73. The highest BCUT2D eigenvalue weighted by Gasteiger charge is 2.08. The first-order valence-electron chi connectivity index (χ1n) is 7.32. The molecule has 1 aromatic heterocycles. The summed E-state index contributed by atoms with van der Waals surface area (Å²) in [4.78, 5) is 17.2. The first-order valence-corrected chi connectivity index (χ1v) is 8.11. The number of fused-ring (bicyclic) bond motifs is 1. The number of hydrogen-bond donors (Lipinski definition) is 2. The molecular formula is C15H21ClN3OS+. The number of hydrogen-bond acceptors (Lipinski definition) is 2. The molecule has 0 spiro atoms. The van der Waals surface area contributed by atoms with Crippen molar-refractivity contribution in [1.82, 2.24) is 9.55 Å². The molecule has 2 aromatic rings. The van der Waals surface area contributed by atoms with E-state index < -0.39 is 0 Å². The Kier molecular flexibility index (Phi) is 5.56. The monoisotopic (exact) mass is 326 g/mol. The van der Waals surface area contributed by atoms with Gasteiger partial charge < -0.3 is 9.88 Å². The number of H-pyrrole nitrogens is 1. The van der Waals surface area contributed by atoms with Crippen LogP contribution in [0.15, 0.2) is 23.0 Å². The van der Waals surface area contributed by atoms with Crippen molar-refractivity contribution in [3.05, 3.63) is 38.3 Å². The van der Waals surface area contributed by atoms with Crippen LogP contribution >= 0.6 is 23.8 Å². The van der Waals surface area contributed by atoms with Crippen molar-refractivity contribution in [2.75, 3.05) is 19.6 Å². The minimum absolute atomic E-state index is 0.0641. The summed E-state index contributed by atoms with van der Waals surface area (Å²) in [6.45, 7) is 8.24. The molecule has 114 valence electrons. The van der Waals surface area contributed by atoms with Crippen molar-refractivity contribution in [3.8, 4) is 0 Å². The number of aromatic nitrogens is 2. The molecule has 0 amide bonds. The van der Waals surface area contributed by atoms with E-state index in [0.717, 1.165) is 31.6 Å². The summed E-state index contributed by atoms with van der Waals surface area (Å²) < 4.78 is 2.11. The van der Waals surface area contributed by atoms with Crippen molar-refractivity contribution in [2.45, 2.75) is 26.8 Å². The number of nitrogens with one attached hydrogen (secondary N) is 2. The summed E-state index contributed by atoms with van der Waals surface area (Å²) in [5.41, 5.74) is 0.672. The van der Waals surface area contributed by atoms with Gasteiger partial charge in [-0.25, -0.2) is 0 Å². The lowest BCUT2D eigenvalue weighted by Crippen LogP contribution is -3.11. The standard InChI is InChI=1S/C15H20ClN3OS/c1-3-18(4-2)8-5-9-19-14(20)12-10-11(16)6-7-13(12)17-15(19)21/h6-7,10H,3-5,8-9H2,1-2H3,(H,17,21)/p+1. The highest BCUT2D eigenvalue weighted by atomic mass is 35.5. The third-order valence-electron chi connectivity index (χ3n) is 3.86. The van der Waals surface area contributed by atoms with E-state index in [1.54, 1.807) is 22.8 Å². The zero-order chi connectivity index (χ0) is 15.4. The molecule has 1 heterocycles. The predicted molar refractivity (Wildman–Crippen MR) is 89.9 cm³/mol. The molecule has 0 atom stereocenters. The Morgan fingerprint density at radius 2 is 2.05 bits per heavy atom. The quantitative estimate of drug-likeness (QED) is 0.798. The van der Waals surface area contributed by atoms with Gasteiger partial charge in [-0.05, 0) is 44.3 Å². The van der Waals surface area contributed by atoms with Gasteiger partial charge in [0.25, 0.3) is 5.56 Å². The molecule has 1 aromatic carbocycles. The highest BCUT2D eigenvalue weighted by molar-refractivity contribution is 7.71. The lowest BCUT2D eigenvalue weighted by atomic mass is 10.2. The van der Waals surface area contributed by atoms with Gasteiger partial charge >= 0.3 is 0 Å². The van der Waals surface area contributed by atoms with Gasteiger partial charge in [0.2, 0.25) is 0 Å². The van der Waals surface area contributed by atoms with Crippen molar-refractivity contribution in [1.29, 1.82) is 0 Å². The van der Waals surface area contributed by atoms with Crippen LogP contribution in [0.2, 0.25) is 5.02 Å². The minimum atomic E-state index is -0.0641. The average Bonchev–Trinajstić information content (AvgIpc) is 2.47. The van der Waals surface area contributed by atoms with Crippen molar-refractivity contribution in [3.63, 3.8) is 0 Å². The van der Waals surface area contributed by atoms with E-state index >= 15 is 0 Å². The Labute approximate surface area is 134 Å². The van der Waals surface area contributed by atoms with E-state index in [4.69, 9.17) is 23.8 Å². The minimum Gasteiger partial charge on any atom is -0.335 e. The normalized spacial score (nSPS) is 11.4. The van der Waals surface area contributed by atoms with Crippen LogP contribution in [0.3, 0.4) is 0 Å². The van der Waals surface area contributed by atoms with Gasteiger partial charge in [-0.3, -0.25) is 9.36 Å². The largest absolute Gasteiger partial charge is 0.335 e. The number of nitrogens with zero attached hydrogens (tertiary/aromatic N) is 1. The van der Waals surface area contributed by atoms with Crippen LogP contribution in [-0.2, 0) is 6.54 Å². The van der Waals surface area contributed by atoms with Gasteiger partial charge in [0.15, 0.2) is 4.77 Å². The molecule has 0 radical (unpaired) electrons. The highest BCUT2D eigenvalue weighted by Crippen LogP contribution is 2.14. The molecule has 0 aliphatic rings. The van der Waals surface area contributed by atoms with Crippen LogP contribution in [0.1, 0.15) is 20.3 Å². The second kappa shape index (κ2) is 7.20. The Hall–Kier alpha value is -1.17. The van der Waals surface area contributed by atoms with E-state index in [0.29, 0.717) is 21.7 Å². The SMILES string of the molecule is CC[NH+](CC)CCCn1c(=S)[nH]c2ccc(Cl)cc2c1=O. The topological polar surface area (TPSA) is 42.2 Å². The molecule has 0 aliphatic carbocycles. The molecule has 4 nitrogen and oxygen atoms in total. The lowest BCUT2D eigenvalue weighted by Gasteiger charge is -2.15. The van der Waals surface area contributed by atoms with Gasteiger partial charge in [0.1, 0.15) is 0 Å². The molecule has 0 fully saturated rings. The summed E-state index contributed by atoms with van der Waals surface area (Å²) >= 11 is 11.3. The van der Waals surface area contributed by atoms with Crippen LogP contribution in [0.4, 0.5) is 0 Å². The first-order chi connectivity index (χ1) is 10.1. The van der Waals surface area contributed by atoms with E-state index in [1.807, 2.05) is 0 Å². The van der Waals surface area contributed by atoms with Gasteiger partial charge in [-0.15, -0.1) is 0 Å². The van der Waals surface area contributed by atoms with Gasteiger partial charge in [0, 0.05) is 18.0 Å². The Morgan fingerprint density at radius 3 is 2.71 bits per heavy atom. The van der Waals surface area contributed by atoms with E-state index in [9.17, 15) is 4.79 Å². The second-order valence-electron chi connectivity index (χ2n) is 5.14. The Bertz CT molecular complexity index is 734. The van der Waals surface area contributed by atoms with Crippen LogP contribution in [0.25, 0.3) is 10.9 Å². The van der Waals surface area contributed by atoms with Crippen LogP contribution in [-0.4, -0.2) is 29.2 Å². The van der Waals surface area contributed by atoms with Gasteiger partial charge in [-0.1, -0.05) is 11.6 Å². The molecule has 0 saturated carbocycles. The summed E-state index contributed by atoms with van der Waals surface area (Å²) in [6.07, 6.45) is 0.931. The van der Waals surface area contributed by atoms with Crippen molar-refractivity contribution < 1.29 is 4.90 Å². The van der Waals surface area contributed by atoms with Gasteiger partial charge in [-0.2, -0.15) is 0 Å². The maximum atomic E-state index is 12.5. The molecular weight excluding hydrogens is 306 g/mol. The fourth-order valence-electron chi connectivity index (χ4n) is 2.52. The maximum absolute atomic E-state index is 12.5. The molecule has 0 saturated heterocycles. The molecule has 2 rings (SSSR count). The number of benzene rings is 1. The van der Waals surface area contributed by atoms with Crippen molar-refractivity contribution >= 4 is 34.7 Å². The smallest absolute Gasteiger partial charge is 0.262 e. The molecule has 0 unspecified atom stereocenters. The zero-order valence-electron chi connectivity index (χ0n) is 12.4. The molecule has 0 bridgehead atoms. The number of aromatic amines is 1. The van der Waals surface area contributed by atoms with E-state index in [1.165, 1.54) is 4.90 Å². The Balaban J connectivity index is 2.28. The lowest BCUT2D eigenvalue weighted by molar-refractivity contribution is -0.896. The fourth-order valence-corrected chi connectivity index (χ4v) is 2.97. The van der Waals surface area contributed by atoms with Crippen LogP contribution in [0, 0.1) is 4.77 Å². The Morgan fingerprint density at radius 1 is 1.33 bits per heavy atom. The van der Waals surface area contributed by atoms with E-state index in [2.05, 4.69) is 18.8 Å². The average molecular weight is 327 g/mol. The summed E-state index contributed by atoms with van der Waals surface area (Å²) in [7, 11) is 0. The predicted octanol–water partition coefficient (Wildman–Crippen LogP) is 2.03. The molecule has 6 heteroatoms. The zero-order valence-corrected chi connectivity index (χ0v) is 14.0. The number of quaternary nitrogens is 1. The van der Waals surface area contributed by atoms with Crippen molar-refractivity contribution in [2.24, 2.45) is 0 Å². The third-order valence-corrected chi connectivity index (χ3v) is 4.41. The second-order valence-corrected chi connectivity index (χ2v) is 5.96. The molecule has 21 heavy (non-hydrogen) atoms. The van der Waals surface area contributed by atoms with Crippen LogP contribution in [0.5, 0.6) is 0 Å². The molecule has 2 N–H and O–H groups in total. The van der Waals surface area contributed by atoms with Gasteiger partial charge in [0.05, 0.1) is 30.5 Å². The molecule has 0 aliphatic heterocycles. The first kappa shape index (κ1) is 16.2. The summed E-state index contributed by atoms with van der Waals surface area (Å²) in [5.74, 6) is 0. The fraction of sp³-hybridized carbons (Fsp3) is 0.467. The van der Waals surface area contributed by atoms with Crippen LogP contribution < -0.4 is 10.5 Å². The number of rotatable bonds is 6. The number of halogens is 1. The summed E-state index contributed by atoms with van der Waals surface area (Å²) in [5, 5.41) is 1.15. The maximum Gasteiger partial charge on any atom is 0.262 e.